The summed E-state index contributed by atoms with van der Waals surface area (Å²) in [6.45, 7) is 0.0256. The van der Waals surface area contributed by atoms with Gasteiger partial charge < -0.3 is 25.2 Å². The van der Waals surface area contributed by atoms with Crippen molar-refractivity contribution in [3.05, 3.63) is 152 Å². The van der Waals surface area contributed by atoms with Crippen molar-refractivity contribution in [2.75, 3.05) is 6.61 Å². The van der Waals surface area contributed by atoms with Gasteiger partial charge in [-0.2, -0.15) is 0 Å². The fourth-order valence-electron chi connectivity index (χ4n) is 5.68. The van der Waals surface area contributed by atoms with Crippen LogP contribution in [0.4, 0.5) is 16.2 Å². The summed E-state index contributed by atoms with van der Waals surface area (Å²) >= 11 is 0. The van der Waals surface area contributed by atoms with Gasteiger partial charge in [0.25, 0.3) is 11.4 Å². The third-order valence-electron chi connectivity index (χ3n) is 8.36. The smallest absolute Gasteiger partial charge is 0.407 e. The Morgan fingerprint density at radius 3 is 1.76 bits per heavy atom. The highest BCUT2D eigenvalue weighted by atomic mass is 16.6. The highest BCUT2D eigenvalue weighted by Gasteiger charge is 2.29. The van der Waals surface area contributed by atoms with Crippen molar-refractivity contribution in [1.29, 1.82) is 0 Å². The summed E-state index contributed by atoms with van der Waals surface area (Å²) < 4.78 is 10.9. The van der Waals surface area contributed by atoms with Crippen LogP contribution < -0.4 is 10.6 Å². The van der Waals surface area contributed by atoms with Gasteiger partial charge in [0.15, 0.2) is 0 Å². The maximum Gasteiger partial charge on any atom is 0.407 e. The second-order valence-corrected chi connectivity index (χ2v) is 11.7. The number of rotatable bonds is 16. The lowest BCUT2D eigenvalue weighted by molar-refractivity contribution is -0.385. The molecule has 4 aromatic rings. The van der Waals surface area contributed by atoms with E-state index in [4.69, 9.17) is 9.47 Å². The number of amides is 1. The first-order valence-corrected chi connectivity index (χ1v) is 16.0. The minimum absolute atomic E-state index is 0.0200. The zero-order valence-corrected chi connectivity index (χ0v) is 27.2. The van der Waals surface area contributed by atoms with Gasteiger partial charge in [0.2, 0.25) is 0 Å². The minimum atomic E-state index is -1.31. The van der Waals surface area contributed by atoms with Crippen molar-refractivity contribution in [3.8, 4) is 11.1 Å². The molecular formula is C37H34N4O10. The van der Waals surface area contributed by atoms with Crippen molar-refractivity contribution in [2.45, 2.75) is 44.0 Å². The topological polar surface area (TPSA) is 200 Å². The van der Waals surface area contributed by atoms with E-state index < -0.39 is 40.0 Å². The van der Waals surface area contributed by atoms with Gasteiger partial charge in [-0.1, -0.05) is 72.8 Å². The first-order valence-electron chi connectivity index (χ1n) is 16.0. The fraction of sp³-hybridized carbons (Fsp3) is 0.216. The molecule has 2 atom stereocenters. The van der Waals surface area contributed by atoms with Crippen molar-refractivity contribution in [1.82, 2.24) is 10.6 Å². The highest BCUT2D eigenvalue weighted by molar-refractivity contribution is 5.81. The molecule has 0 spiro atoms. The van der Waals surface area contributed by atoms with E-state index in [2.05, 4.69) is 10.6 Å². The number of carbonyl (C=O) groups is 3. The first kappa shape index (κ1) is 35.9. The number of nitrogens with one attached hydrogen (secondary N) is 2. The average Bonchev–Trinajstić information content (AvgIpc) is 3.45. The Balaban J connectivity index is 1.17. The van der Waals surface area contributed by atoms with E-state index in [0.717, 1.165) is 22.3 Å². The van der Waals surface area contributed by atoms with Crippen molar-refractivity contribution in [3.63, 3.8) is 0 Å². The maximum atomic E-state index is 13.1. The van der Waals surface area contributed by atoms with E-state index in [9.17, 15) is 39.7 Å². The number of nitro groups is 2. The standard InChI is InChI=1S/C37H34N4O10/c42-35(43)33(39-37(45)51-23-32-30-9-3-1-7-28(30)29-8-2-4-10-31(29)32)11-5-6-12-34(38-21-24-13-17-26(18-14-24)40(46)47)36(44)50-22-25-15-19-27(20-16-25)41(48)49/h1-10,13-20,32-34,38H,11-12,21-23H2,(H,39,45)(H,42,43)/b6-5+. The third-order valence-corrected chi connectivity index (χ3v) is 8.36. The number of fused-ring (bicyclic) bond motifs is 3. The van der Waals surface area contributed by atoms with E-state index in [-0.39, 0.29) is 49.9 Å². The minimum Gasteiger partial charge on any atom is -0.480 e. The van der Waals surface area contributed by atoms with Gasteiger partial charge in [-0.3, -0.25) is 25.0 Å². The average molecular weight is 695 g/mol. The summed E-state index contributed by atoms with van der Waals surface area (Å²) in [6.07, 6.45) is 2.19. The molecule has 2 unspecified atom stereocenters. The number of alkyl carbamates (subject to hydrolysis) is 1. The Morgan fingerprint density at radius 2 is 1.24 bits per heavy atom. The fourth-order valence-corrected chi connectivity index (χ4v) is 5.68. The lowest BCUT2D eigenvalue weighted by Crippen LogP contribution is -2.41. The number of carboxylic acid groups (broad SMARTS) is 1. The third kappa shape index (κ3) is 9.39. The molecule has 51 heavy (non-hydrogen) atoms. The molecule has 0 heterocycles. The van der Waals surface area contributed by atoms with E-state index in [0.29, 0.717) is 11.1 Å². The predicted molar refractivity (Wildman–Crippen MR) is 185 cm³/mol. The quantitative estimate of drug-likeness (QED) is 0.0535. The van der Waals surface area contributed by atoms with Crippen LogP contribution in [0.2, 0.25) is 0 Å². The zero-order valence-electron chi connectivity index (χ0n) is 27.2. The molecular weight excluding hydrogens is 660 g/mol. The number of nitro benzene ring substituents is 2. The number of hydrogen-bond donors (Lipinski definition) is 3. The van der Waals surface area contributed by atoms with Gasteiger partial charge >= 0.3 is 18.0 Å². The second-order valence-electron chi connectivity index (χ2n) is 11.7. The number of hydrogen-bond acceptors (Lipinski definition) is 10. The molecule has 0 bridgehead atoms. The van der Waals surface area contributed by atoms with Crippen molar-refractivity contribution >= 4 is 29.4 Å². The molecule has 0 aromatic heterocycles. The van der Waals surface area contributed by atoms with Crippen LogP contribution in [-0.2, 0) is 32.2 Å². The summed E-state index contributed by atoms with van der Waals surface area (Å²) in [6, 6.07) is 24.8. The van der Waals surface area contributed by atoms with Crippen LogP contribution in [0.15, 0.2) is 109 Å². The zero-order chi connectivity index (χ0) is 36.3. The van der Waals surface area contributed by atoms with Crippen LogP contribution in [0.1, 0.15) is 41.0 Å². The monoisotopic (exact) mass is 694 g/mol. The van der Waals surface area contributed by atoms with E-state index in [1.165, 1.54) is 42.5 Å². The molecule has 0 saturated carbocycles. The Kier molecular flexibility index (Phi) is 11.8. The van der Waals surface area contributed by atoms with Crippen LogP contribution in [0.3, 0.4) is 0 Å². The van der Waals surface area contributed by atoms with E-state index in [1.807, 2.05) is 48.5 Å². The van der Waals surface area contributed by atoms with Gasteiger partial charge in [0.05, 0.1) is 9.85 Å². The molecule has 4 aromatic carbocycles. The number of esters is 1. The molecule has 14 nitrogen and oxygen atoms in total. The number of carboxylic acids is 1. The Bertz CT molecular complexity index is 1880. The summed E-state index contributed by atoms with van der Waals surface area (Å²) in [5.74, 6) is -2.11. The Labute approximate surface area is 292 Å². The normalized spacial score (nSPS) is 13.1. The number of non-ortho nitro benzene ring substituents is 2. The Hall–Kier alpha value is -6.41. The van der Waals surface area contributed by atoms with Crippen LogP contribution in [0.25, 0.3) is 11.1 Å². The highest BCUT2D eigenvalue weighted by Crippen LogP contribution is 2.44. The summed E-state index contributed by atoms with van der Waals surface area (Å²) in [7, 11) is 0. The molecule has 0 fully saturated rings. The maximum absolute atomic E-state index is 13.1. The molecule has 0 saturated heterocycles. The molecule has 0 aliphatic heterocycles. The lowest BCUT2D eigenvalue weighted by atomic mass is 9.98. The number of benzene rings is 4. The van der Waals surface area contributed by atoms with Crippen LogP contribution in [-0.4, -0.2) is 51.7 Å². The summed E-state index contributed by atoms with van der Waals surface area (Å²) in [4.78, 5) is 58.7. The van der Waals surface area contributed by atoms with E-state index >= 15 is 0 Å². The van der Waals surface area contributed by atoms with Gasteiger partial charge in [0, 0.05) is 36.7 Å². The second kappa shape index (κ2) is 16.8. The predicted octanol–water partition coefficient (Wildman–Crippen LogP) is 6.03. The SMILES string of the molecule is O=C(NC(C/C=C/CC(NCc1ccc([N+](=O)[O-])cc1)C(=O)OCc1ccc([N+](=O)[O-])cc1)C(=O)O)OCC1c2ccccc2-c2ccccc21. The largest absolute Gasteiger partial charge is 0.480 e. The van der Waals surface area contributed by atoms with Gasteiger partial charge in [-0.25, -0.2) is 9.59 Å². The van der Waals surface area contributed by atoms with Crippen molar-refractivity contribution in [2.24, 2.45) is 0 Å². The van der Waals surface area contributed by atoms with Gasteiger partial charge in [-0.05, 0) is 58.4 Å². The summed E-state index contributed by atoms with van der Waals surface area (Å²) in [5.41, 5.74) is 5.17. The number of aliphatic carboxylic acids is 1. The molecule has 5 rings (SSSR count). The molecule has 3 N–H and O–H groups in total. The number of carbonyl (C=O) groups excluding carboxylic acids is 2. The lowest BCUT2D eigenvalue weighted by Gasteiger charge is -2.17. The van der Waals surface area contributed by atoms with E-state index in [1.54, 1.807) is 18.2 Å². The summed E-state index contributed by atoms with van der Waals surface area (Å²) in [5, 5.41) is 37.2. The molecule has 1 amide bonds. The molecule has 1 aliphatic carbocycles. The molecule has 0 radical (unpaired) electrons. The van der Waals surface area contributed by atoms with Crippen LogP contribution in [0.5, 0.6) is 0 Å². The molecule has 1 aliphatic rings. The number of nitrogens with zero attached hydrogens (tertiary/aromatic N) is 2. The van der Waals surface area contributed by atoms with Crippen molar-refractivity contribution < 1.29 is 38.8 Å². The van der Waals surface area contributed by atoms with Gasteiger partial charge in [0.1, 0.15) is 25.3 Å². The Morgan fingerprint density at radius 1 is 0.725 bits per heavy atom. The molecule has 14 heteroatoms. The molecule has 262 valence electrons. The van der Waals surface area contributed by atoms with Crippen LogP contribution >= 0.6 is 0 Å². The first-order chi connectivity index (χ1) is 24.6. The van der Waals surface area contributed by atoms with Crippen LogP contribution in [0, 0.1) is 20.2 Å². The van der Waals surface area contributed by atoms with Gasteiger partial charge in [-0.15, -0.1) is 0 Å². The number of ether oxygens (including phenoxy) is 2.